The zero-order valence-corrected chi connectivity index (χ0v) is 37.0. The molecular formula is C61H50Si. The summed E-state index contributed by atoms with van der Waals surface area (Å²) in [6, 6.07) is 61.8. The summed E-state index contributed by atoms with van der Waals surface area (Å²) in [6.07, 6.45) is 16.0. The zero-order chi connectivity index (χ0) is 41.7. The molecule has 8 aromatic carbocycles. The summed E-state index contributed by atoms with van der Waals surface area (Å²) in [6.45, 7) is 10.0. The first kappa shape index (κ1) is 37.2. The Morgan fingerprint density at radius 2 is 1.11 bits per heavy atom. The number of fused-ring (bicyclic) bond motifs is 8. The van der Waals surface area contributed by atoms with E-state index < -0.39 is 8.07 Å². The molecular weight excluding hydrogens is 761 g/mol. The first-order valence-corrected chi connectivity index (χ1v) is 25.6. The van der Waals surface area contributed by atoms with Crippen molar-refractivity contribution >= 4 is 46.0 Å². The molecule has 1 heterocycles. The van der Waals surface area contributed by atoms with Crippen molar-refractivity contribution in [2.75, 3.05) is 0 Å². The largest absolute Gasteiger partial charge is 0.0887 e. The molecule has 1 heteroatoms. The topological polar surface area (TPSA) is 0 Å². The van der Waals surface area contributed by atoms with Crippen molar-refractivity contribution < 1.29 is 0 Å². The van der Waals surface area contributed by atoms with E-state index in [2.05, 4.69) is 227 Å². The van der Waals surface area contributed by atoms with E-state index in [9.17, 15) is 0 Å². The summed E-state index contributed by atoms with van der Waals surface area (Å²) in [5.41, 5.74) is 19.5. The fourth-order valence-electron chi connectivity index (χ4n) is 11.8. The quantitative estimate of drug-likeness (QED) is 0.120. The maximum atomic E-state index is 2.68. The van der Waals surface area contributed by atoms with Gasteiger partial charge in [-0.1, -0.05) is 220 Å². The summed E-state index contributed by atoms with van der Waals surface area (Å²) in [4.78, 5) is 0. The molecule has 8 aromatic rings. The summed E-state index contributed by atoms with van der Waals surface area (Å²) < 4.78 is 0. The summed E-state index contributed by atoms with van der Waals surface area (Å²) in [5, 5.41) is 6.99. The molecule has 3 atom stereocenters. The Morgan fingerprint density at radius 3 is 1.87 bits per heavy atom. The van der Waals surface area contributed by atoms with Crippen molar-refractivity contribution in [2.24, 2.45) is 0 Å². The highest BCUT2D eigenvalue weighted by molar-refractivity contribution is 6.93. The molecule has 0 aromatic heterocycles. The molecule has 0 nitrogen and oxygen atoms in total. The van der Waals surface area contributed by atoms with Crippen molar-refractivity contribution in [3.05, 3.63) is 234 Å². The van der Waals surface area contributed by atoms with Crippen LogP contribution in [0.4, 0.5) is 0 Å². The van der Waals surface area contributed by atoms with Crippen LogP contribution in [0.15, 0.2) is 200 Å². The Kier molecular flexibility index (Phi) is 8.40. The van der Waals surface area contributed by atoms with Crippen LogP contribution in [-0.4, -0.2) is 8.07 Å². The Hall–Kier alpha value is -6.54. The lowest BCUT2D eigenvalue weighted by atomic mass is 9.80. The molecule has 0 fully saturated rings. The lowest BCUT2D eigenvalue weighted by Crippen LogP contribution is -2.41. The van der Waals surface area contributed by atoms with E-state index in [0.717, 1.165) is 6.42 Å². The Bertz CT molecular complexity index is 3250. The highest BCUT2D eigenvalue weighted by Gasteiger charge is 2.47. The summed E-state index contributed by atoms with van der Waals surface area (Å²) in [7, 11) is -2.02. The minimum absolute atomic E-state index is 0.0205. The first-order valence-electron chi connectivity index (χ1n) is 22.5. The summed E-state index contributed by atoms with van der Waals surface area (Å²) >= 11 is 0. The smallest absolute Gasteiger partial charge is 0.0761 e. The first-order chi connectivity index (χ1) is 30.3. The van der Waals surface area contributed by atoms with Crippen LogP contribution >= 0.6 is 0 Å². The molecule has 3 unspecified atom stereocenters. The van der Waals surface area contributed by atoms with Crippen LogP contribution in [0.25, 0.3) is 66.1 Å². The normalized spacial score (nSPS) is 20.0. The van der Waals surface area contributed by atoms with Crippen LogP contribution in [-0.2, 0) is 5.41 Å². The molecule has 0 radical (unpaired) electrons. The molecule has 0 bridgehead atoms. The third kappa shape index (κ3) is 5.64. The van der Waals surface area contributed by atoms with Gasteiger partial charge in [0, 0.05) is 17.3 Å². The van der Waals surface area contributed by atoms with Crippen molar-refractivity contribution in [1.82, 2.24) is 0 Å². The van der Waals surface area contributed by atoms with Gasteiger partial charge in [0.25, 0.3) is 0 Å². The molecule has 0 N–H and O–H groups in total. The molecule has 0 spiro atoms. The Labute approximate surface area is 367 Å². The van der Waals surface area contributed by atoms with Crippen LogP contribution in [0, 0.1) is 0 Å². The second kappa shape index (κ2) is 14.0. The van der Waals surface area contributed by atoms with Gasteiger partial charge in [-0.2, -0.15) is 0 Å². The maximum absolute atomic E-state index is 2.68. The van der Waals surface area contributed by atoms with Gasteiger partial charge >= 0.3 is 0 Å². The molecule has 0 amide bonds. The fourth-order valence-corrected chi connectivity index (χ4v) is 15.4. The van der Waals surface area contributed by atoms with Crippen LogP contribution in [0.5, 0.6) is 0 Å². The predicted octanol–water partition coefficient (Wildman–Crippen LogP) is 15.8. The van der Waals surface area contributed by atoms with Crippen molar-refractivity contribution in [1.29, 1.82) is 0 Å². The average molecular weight is 811 g/mol. The standard InChI is InChI=1S/C61H50Si/c1-61(2)55-22-14-13-19-47(55)48-33-31-45(35-56(48)61)46-32-34-49-52-37-53-54(38-58(52)62(3,4)57(49)36-46)60(44-29-25-42(26-30-44)40-17-9-6-10-18-40)51-21-12-11-20-50(51)59(53)43-27-23-41(24-28-43)39-15-7-5-8-16-39/h5-23,25-38,41,49,57H,24H2,1-4H3. The second-order valence-electron chi connectivity index (χ2n) is 19.2. The molecule has 0 saturated heterocycles. The molecule has 12 rings (SSSR count). The van der Waals surface area contributed by atoms with Gasteiger partial charge < -0.3 is 0 Å². The molecule has 62 heavy (non-hydrogen) atoms. The van der Waals surface area contributed by atoms with Crippen molar-refractivity contribution in [3.8, 4) is 33.4 Å². The summed E-state index contributed by atoms with van der Waals surface area (Å²) in [5.74, 6) is 0.748. The van der Waals surface area contributed by atoms with Gasteiger partial charge in [-0.05, 0) is 124 Å². The van der Waals surface area contributed by atoms with Gasteiger partial charge in [-0.25, -0.2) is 0 Å². The van der Waals surface area contributed by atoms with Gasteiger partial charge in [0.1, 0.15) is 0 Å². The van der Waals surface area contributed by atoms with Gasteiger partial charge in [0.2, 0.25) is 0 Å². The monoisotopic (exact) mass is 810 g/mol. The number of rotatable bonds is 5. The number of allylic oxidation sites excluding steroid dienone is 8. The van der Waals surface area contributed by atoms with E-state index in [0.29, 0.717) is 17.4 Å². The van der Waals surface area contributed by atoms with Crippen LogP contribution in [0.3, 0.4) is 0 Å². The zero-order valence-electron chi connectivity index (χ0n) is 36.0. The van der Waals surface area contributed by atoms with Crippen LogP contribution in [0.1, 0.15) is 65.5 Å². The maximum Gasteiger partial charge on any atom is 0.0887 e. The minimum Gasteiger partial charge on any atom is -0.0761 e. The van der Waals surface area contributed by atoms with Crippen molar-refractivity contribution in [3.63, 3.8) is 0 Å². The predicted molar refractivity (Wildman–Crippen MR) is 268 cm³/mol. The Morgan fingerprint density at radius 1 is 0.500 bits per heavy atom. The van der Waals surface area contributed by atoms with Gasteiger partial charge in [-0.15, -0.1) is 0 Å². The lowest BCUT2D eigenvalue weighted by molar-refractivity contribution is 0.660. The molecule has 298 valence electrons. The van der Waals surface area contributed by atoms with Crippen LogP contribution < -0.4 is 5.19 Å². The third-order valence-electron chi connectivity index (χ3n) is 15.1. The highest BCUT2D eigenvalue weighted by Crippen LogP contribution is 2.54. The third-order valence-corrected chi connectivity index (χ3v) is 19.1. The van der Waals surface area contributed by atoms with Crippen molar-refractivity contribution in [2.45, 2.75) is 56.2 Å². The van der Waals surface area contributed by atoms with E-state index in [1.165, 1.54) is 99.5 Å². The molecule has 3 aliphatic carbocycles. The van der Waals surface area contributed by atoms with E-state index in [1.54, 1.807) is 5.19 Å². The number of benzene rings is 8. The van der Waals surface area contributed by atoms with Gasteiger partial charge in [0.15, 0.2) is 0 Å². The van der Waals surface area contributed by atoms with E-state index in [-0.39, 0.29) is 5.41 Å². The number of hydrogen-bond donors (Lipinski definition) is 0. The van der Waals surface area contributed by atoms with Gasteiger partial charge in [0.05, 0.1) is 8.07 Å². The van der Waals surface area contributed by atoms with Crippen LogP contribution in [0.2, 0.25) is 18.6 Å². The Balaban J connectivity index is 1.02. The second-order valence-corrected chi connectivity index (χ2v) is 23.8. The number of hydrogen-bond acceptors (Lipinski definition) is 0. The molecule has 1 aliphatic heterocycles. The average Bonchev–Trinajstić information content (AvgIpc) is 3.69. The van der Waals surface area contributed by atoms with E-state index in [4.69, 9.17) is 0 Å². The molecule has 4 aliphatic rings. The highest BCUT2D eigenvalue weighted by atomic mass is 28.3. The lowest BCUT2D eigenvalue weighted by Gasteiger charge is -2.29. The minimum atomic E-state index is -2.02. The SMILES string of the molecule is CC1(C)c2ccccc2-c2ccc(C3=CC4C(C=C3)c3cc5c(C6=CCC(c7ccccc7)C=C6)c6ccccc6c(-c6ccc(-c7ccccc7)cc6)c5cc3[Si]4(C)C)cc21. The van der Waals surface area contributed by atoms with E-state index >= 15 is 0 Å². The molecule has 0 saturated carbocycles. The van der Waals surface area contributed by atoms with E-state index in [1.807, 2.05) is 0 Å². The fraction of sp³-hybridized carbons (Fsp3) is 0.148. The van der Waals surface area contributed by atoms with Gasteiger partial charge in [-0.3, -0.25) is 0 Å².